The van der Waals surface area contributed by atoms with Crippen molar-refractivity contribution in [1.29, 1.82) is 0 Å². The Hall–Kier alpha value is -4.53. The van der Waals surface area contributed by atoms with E-state index in [2.05, 4.69) is 5.32 Å². The summed E-state index contributed by atoms with van der Waals surface area (Å²) in [7, 11) is 0. The number of imide groups is 1. The molecule has 1 aliphatic rings. The van der Waals surface area contributed by atoms with Crippen LogP contribution in [0.2, 0.25) is 0 Å². The molecule has 1 N–H and O–H groups in total. The van der Waals surface area contributed by atoms with Gasteiger partial charge in [0.2, 0.25) is 5.91 Å². The Labute approximate surface area is 195 Å². The number of nitrogens with zero attached hydrogens (tertiary/aromatic N) is 3. The van der Waals surface area contributed by atoms with Crippen LogP contribution in [0.5, 0.6) is 0 Å². The molecule has 9 nitrogen and oxygen atoms in total. The first kappa shape index (κ1) is 22.7. The lowest BCUT2D eigenvalue weighted by Gasteiger charge is -2.22. The number of nitrogens with one attached hydrogen (secondary N) is 1. The van der Waals surface area contributed by atoms with Gasteiger partial charge in [-0.15, -0.1) is 0 Å². The molecule has 9 heteroatoms. The van der Waals surface area contributed by atoms with Crippen molar-refractivity contribution in [3.63, 3.8) is 0 Å². The molecule has 4 amide bonds. The second-order valence-electron chi connectivity index (χ2n) is 7.94. The van der Waals surface area contributed by atoms with Gasteiger partial charge in [0.1, 0.15) is 12.6 Å². The van der Waals surface area contributed by atoms with E-state index in [1.807, 2.05) is 36.4 Å². The van der Waals surface area contributed by atoms with Crippen LogP contribution in [-0.2, 0) is 16.1 Å². The first-order chi connectivity index (χ1) is 16.3. The fourth-order valence-corrected chi connectivity index (χ4v) is 3.91. The predicted molar refractivity (Wildman–Crippen MR) is 125 cm³/mol. The molecule has 34 heavy (non-hydrogen) atoms. The molecule has 0 aliphatic carbocycles. The summed E-state index contributed by atoms with van der Waals surface area (Å²) < 4.78 is 0. The van der Waals surface area contributed by atoms with Crippen LogP contribution in [0.25, 0.3) is 0 Å². The van der Waals surface area contributed by atoms with E-state index in [9.17, 15) is 24.5 Å². The van der Waals surface area contributed by atoms with Crippen molar-refractivity contribution in [2.75, 3.05) is 11.9 Å². The fourth-order valence-electron chi connectivity index (χ4n) is 3.91. The molecule has 1 atom stereocenters. The van der Waals surface area contributed by atoms with Crippen molar-refractivity contribution in [1.82, 2.24) is 9.80 Å². The molecule has 172 valence electrons. The molecule has 0 saturated carbocycles. The number of carbonyl (C=O) groups is 3. The highest BCUT2D eigenvalue weighted by Crippen LogP contribution is 2.32. The highest BCUT2D eigenvalue weighted by atomic mass is 16.6. The number of aryl methyl sites for hydroxylation is 1. The van der Waals surface area contributed by atoms with Crippen LogP contribution in [0, 0.1) is 17.0 Å². The summed E-state index contributed by atoms with van der Waals surface area (Å²) >= 11 is 0. The monoisotopic (exact) mass is 458 g/mol. The van der Waals surface area contributed by atoms with E-state index in [0.717, 1.165) is 10.5 Å². The van der Waals surface area contributed by atoms with E-state index >= 15 is 0 Å². The lowest BCUT2D eigenvalue weighted by atomic mass is 10.1. The van der Waals surface area contributed by atoms with Crippen LogP contribution >= 0.6 is 0 Å². The number of hydrogen-bond acceptors (Lipinski definition) is 5. The maximum atomic E-state index is 13.3. The quantitative estimate of drug-likeness (QED) is 0.326. The van der Waals surface area contributed by atoms with Crippen LogP contribution in [0.3, 0.4) is 0 Å². The zero-order chi connectivity index (χ0) is 24.2. The maximum absolute atomic E-state index is 13.3. The predicted octanol–water partition coefficient (Wildman–Crippen LogP) is 4.05. The van der Waals surface area contributed by atoms with Crippen LogP contribution in [0.4, 0.5) is 16.2 Å². The van der Waals surface area contributed by atoms with E-state index in [0.29, 0.717) is 11.1 Å². The summed E-state index contributed by atoms with van der Waals surface area (Å²) in [6.07, 6.45) is 0. The van der Waals surface area contributed by atoms with Gasteiger partial charge in [-0.05, 0) is 24.1 Å². The van der Waals surface area contributed by atoms with E-state index in [1.54, 1.807) is 31.2 Å². The van der Waals surface area contributed by atoms with Gasteiger partial charge in [-0.25, -0.2) is 4.79 Å². The number of rotatable bonds is 7. The number of hydrogen-bond donors (Lipinski definition) is 1. The van der Waals surface area contributed by atoms with Crippen molar-refractivity contribution < 1.29 is 19.3 Å². The van der Waals surface area contributed by atoms with Crippen molar-refractivity contribution in [3.05, 3.63) is 106 Å². The second-order valence-corrected chi connectivity index (χ2v) is 7.94. The third-order valence-corrected chi connectivity index (χ3v) is 5.59. The number of benzene rings is 3. The number of anilines is 1. The number of nitro benzene ring substituents is 1. The van der Waals surface area contributed by atoms with Crippen molar-refractivity contribution >= 4 is 29.2 Å². The summed E-state index contributed by atoms with van der Waals surface area (Å²) in [5.74, 6) is -1.13. The average molecular weight is 458 g/mol. The molecule has 0 bridgehead atoms. The third-order valence-electron chi connectivity index (χ3n) is 5.59. The molecule has 1 saturated heterocycles. The Bertz CT molecular complexity index is 1250. The number of nitro groups is 1. The molecular weight excluding hydrogens is 436 g/mol. The lowest BCUT2D eigenvalue weighted by Crippen LogP contribution is -2.38. The van der Waals surface area contributed by atoms with Gasteiger partial charge in [0.25, 0.3) is 11.6 Å². The van der Waals surface area contributed by atoms with Gasteiger partial charge in [-0.2, -0.15) is 0 Å². The van der Waals surface area contributed by atoms with Crippen molar-refractivity contribution in [2.45, 2.75) is 19.5 Å². The van der Waals surface area contributed by atoms with Crippen molar-refractivity contribution in [3.8, 4) is 0 Å². The smallest absolute Gasteiger partial charge is 0.324 e. The highest BCUT2D eigenvalue weighted by Gasteiger charge is 2.46. The molecular formula is C25H22N4O5. The minimum Gasteiger partial charge on any atom is -0.324 e. The molecule has 0 aromatic heterocycles. The summed E-state index contributed by atoms with van der Waals surface area (Å²) in [6.45, 7) is 1.29. The van der Waals surface area contributed by atoms with Crippen LogP contribution < -0.4 is 5.32 Å². The fraction of sp³-hybridized carbons (Fsp3) is 0.160. The Morgan fingerprint density at radius 2 is 1.65 bits per heavy atom. The average Bonchev–Trinajstić information content (AvgIpc) is 3.05. The minimum atomic E-state index is -0.859. The minimum absolute atomic E-state index is 0.135. The van der Waals surface area contributed by atoms with E-state index in [-0.39, 0.29) is 17.9 Å². The largest absolute Gasteiger partial charge is 0.328 e. The number of urea groups is 1. The van der Waals surface area contributed by atoms with Gasteiger partial charge in [0.05, 0.1) is 4.92 Å². The summed E-state index contributed by atoms with van der Waals surface area (Å²) in [6, 6.07) is 21.1. The topological polar surface area (TPSA) is 113 Å². The van der Waals surface area contributed by atoms with E-state index in [4.69, 9.17) is 0 Å². The zero-order valence-electron chi connectivity index (χ0n) is 18.4. The van der Waals surface area contributed by atoms with Crippen molar-refractivity contribution in [2.24, 2.45) is 0 Å². The van der Waals surface area contributed by atoms with E-state index < -0.39 is 35.4 Å². The molecule has 4 rings (SSSR count). The molecule has 1 unspecified atom stereocenters. The third kappa shape index (κ3) is 4.63. The summed E-state index contributed by atoms with van der Waals surface area (Å²) in [5.41, 5.74) is 2.03. The molecule has 1 aliphatic heterocycles. The maximum Gasteiger partial charge on any atom is 0.328 e. The van der Waals surface area contributed by atoms with Gasteiger partial charge in [-0.1, -0.05) is 66.7 Å². The molecule has 1 heterocycles. The van der Waals surface area contributed by atoms with Gasteiger partial charge >= 0.3 is 6.03 Å². The van der Waals surface area contributed by atoms with E-state index in [1.165, 1.54) is 23.1 Å². The molecule has 0 radical (unpaired) electrons. The first-order valence-electron chi connectivity index (χ1n) is 10.6. The van der Waals surface area contributed by atoms with Gasteiger partial charge in [0, 0.05) is 23.9 Å². The Kier molecular flexibility index (Phi) is 6.35. The second kappa shape index (κ2) is 9.53. The normalized spacial score (nSPS) is 15.5. The Morgan fingerprint density at radius 3 is 2.29 bits per heavy atom. The van der Waals surface area contributed by atoms with Crippen LogP contribution in [-0.4, -0.2) is 39.1 Å². The van der Waals surface area contributed by atoms with Gasteiger partial charge in [0.15, 0.2) is 0 Å². The highest BCUT2D eigenvalue weighted by molar-refractivity contribution is 6.08. The zero-order valence-corrected chi connectivity index (χ0v) is 18.4. The van der Waals surface area contributed by atoms with Crippen LogP contribution in [0.15, 0.2) is 78.9 Å². The lowest BCUT2D eigenvalue weighted by molar-refractivity contribution is -0.385. The van der Waals surface area contributed by atoms with Crippen LogP contribution in [0.1, 0.15) is 22.7 Å². The van der Waals surface area contributed by atoms with Gasteiger partial charge < -0.3 is 10.2 Å². The standard InChI is InChI=1S/C25H22N4O5/c1-17-12-13-20(14-21(17)29(33)34)26-22(30)16-28-24(31)23(19-10-6-3-7-11-19)27(25(28)32)15-18-8-4-2-5-9-18/h2-14,23H,15-16H2,1H3,(H,26,30). The van der Waals surface area contributed by atoms with Gasteiger partial charge in [-0.3, -0.25) is 24.6 Å². The SMILES string of the molecule is Cc1ccc(NC(=O)CN2C(=O)C(c3ccccc3)N(Cc3ccccc3)C2=O)cc1[N+](=O)[O-]. The Morgan fingerprint density at radius 1 is 1.00 bits per heavy atom. The Balaban J connectivity index is 1.56. The molecule has 0 spiro atoms. The summed E-state index contributed by atoms with van der Waals surface area (Å²) in [4.78, 5) is 52.2. The molecule has 3 aromatic carbocycles. The number of carbonyl (C=O) groups excluding carboxylic acids is 3. The molecule has 1 fully saturated rings. The number of amides is 4. The summed E-state index contributed by atoms with van der Waals surface area (Å²) in [5, 5.41) is 13.7. The molecule has 3 aromatic rings. The first-order valence-corrected chi connectivity index (χ1v) is 10.6.